The van der Waals surface area contributed by atoms with Gasteiger partial charge in [0.15, 0.2) is 0 Å². The topological polar surface area (TPSA) is 33.1 Å². The Morgan fingerprint density at radius 1 is 1.39 bits per heavy atom. The van der Waals surface area contributed by atoms with Crippen molar-refractivity contribution in [2.45, 2.75) is 39.7 Å². The number of imidazole rings is 1. The number of hydrogen-bond acceptors (Lipinski definition) is 3. The zero-order chi connectivity index (χ0) is 12.8. The van der Waals surface area contributed by atoms with Crippen LogP contribution in [-0.2, 0) is 6.54 Å². The molecule has 1 saturated heterocycles. The molecule has 0 amide bonds. The minimum absolute atomic E-state index is 0.676. The molecule has 1 atom stereocenters. The Hall–Kier alpha value is -1.03. The van der Waals surface area contributed by atoms with Crippen LogP contribution in [0.1, 0.15) is 33.1 Å². The predicted octanol–water partition coefficient (Wildman–Crippen LogP) is 2.44. The van der Waals surface area contributed by atoms with Gasteiger partial charge in [-0.05, 0) is 38.3 Å². The van der Waals surface area contributed by atoms with E-state index in [1.54, 1.807) is 0 Å². The van der Waals surface area contributed by atoms with Crippen molar-refractivity contribution in [1.29, 1.82) is 0 Å². The van der Waals surface area contributed by atoms with Crippen LogP contribution in [0.3, 0.4) is 0 Å². The van der Waals surface area contributed by atoms with Gasteiger partial charge in [0.1, 0.15) is 0 Å². The van der Waals surface area contributed by atoms with Crippen molar-refractivity contribution >= 4 is 5.95 Å². The second kappa shape index (κ2) is 6.78. The van der Waals surface area contributed by atoms with Crippen molar-refractivity contribution in [1.82, 2.24) is 14.5 Å². The standard InChI is InChI=1S/C14H26N4/c1-3-7-18-10-6-15-14(18)16-11-13(2)12-17-8-4-5-9-17/h6,10,13H,3-5,7-9,11-12H2,1-2H3,(H,15,16). The molecule has 4 nitrogen and oxygen atoms in total. The van der Waals surface area contributed by atoms with Crippen LogP contribution in [0.5, 0.6) is 0 Å². The third kappa shape index (κ3) is 3.73. The fraction of sp³-hybridized carbons (Fsp3) is 0.786. The minimum Gasteiger partial charge on any atom is -0.355 e. The third-order valence-corrected chi connectivity index (χ3v) is 3.56. The fourth-order valence-electron chi connectivity index (χ4n) is 2.63. The summed E-state index contributed by atoms with van der Waals surface area (Å²) < 4.78 is 2.20. The van der Waals surface area contributed by atoms with Gasteiger partial charge in [0, 0.05) is 32.0 Å². The number of rotatable bonds is 7. The Kier molecular flexibility index (Phi) is 5.05. The van der Waals surface area contributed by atoms with Crippen molar-refractivity contribution in [3.63, 3.8) is 0 Å². The van der Waals surface area contributed by atoms with E-state index in [2.05, 4.69) is 39.8 Å². The van der Waals surface area contributed by atoms with E-state index in [0.717, 1.165) is 25.5 Å². The molecule has 0 aromatic carbocycles. The van der Waals surface area contributed by atoms with Crippen molar-refractivity contribution in [3.8, 4) is 0 Å². The van der Waals surface area contributed by atoms with Gasteiger partial charge < -0.3 is 14.8 Å². The second-order valence-electron chi connectivity index (χ2n) is 5.44. The lowest BCUT2D eigenvalue weighted by Gasteiger charge is -2.20. The maximum Gasteiger partial charge on any atom is 0.202 e. The highest BCUT2D eigenvalue weighted by atomic mass is 15.2. The van der Waals surface area contributed by atoms with Gasteiger partial charge >= 0.3 is 0 Å². The zero-order valence-electron chi connectivity index (χ0n) is 11.7. The summed E-state index contributed by atoms with van der Waals surface area (Å²) in [4.78, 5) is 6.95. The molecule has 0 saturated carbocycles. The van der Waals surface area contributed by atoms with Crippen molar-refractivity contribution in [2.24, 2.45) is 5.92 Å². The predicted molar refractivity (Wildman–Crippen MR) is 75.8 cm³/mol. The molecule has 2 heterocycles. The maximum atomic E-state index is 4.38. The summed E-state index contributed by atoms with van der Waals surface area (Å²) in [5.74, 6) is 1.69. The number of aromatic nitrogens is 2. The Balaban J connectivity index is 1.74. The molecule has 0 spiro atoms. The molecular weight excluding hydrogens is 224 g/mol. The van der Waals surface area contributed by atoms with Gasteiger partial charge in [-0.1, -0.05) is 13.8 Å². The van der Waals surface area contributed by atoms with Crippen LogP contribution in [-0.4, -0.2) is 40.6 Å². The quantitative estimate of drug-likeness (QED) is 0.807. The van der Waals surface area contributed by atoms with Crippen LogP contribution >= 0.6 is 0 Å². The van der Waals surface area contributed by atoms with Crippen molar-refractivity contribution < 1.29 is 0 Å². The largest absolute Gasteiger partial charge is 0.355 e. The molecule has 1 aliphatic heterocycles. The summed E-state index contributed by atoms with van der Waals surface area (Å²) in [6.45, 7) is 10.4. The normalized spacial score (nSPS) is 18.1. The average molecular weight is 250 g/mol. The highest BCUT2D eigenvalue weighted by Crippen LogP contribution is 2.11. The number of anilines is 1. The zero-order valence-corrected chi connectivity index (χ0v) is 11.7. The van der Waals surface area contributed by atoms with Crippen LogP contribution in [0.15, 0.2) is 12.4 Å². The van der Waals surface area contributed by atoms with Gasteiger partial charge in [-0.15, -0.1) is 0 Å². The van der Waals surface area contributed by atoms with E-state index >= 15 is 0 Å². The maximum absolute atomic E-state index is 4.38. The first-order chi connectivity index (χ1) is 8.79. The second-order valence-corrected chi connectivity index (χ2v) is 5.44. The van der Waals surface area contributed by atoms with E-state index in [1.165, 1.54) is 32.5 Å². The van der Waals surface area contributed by atoms with E-state index < -0.39 is 0 Å². The summed E-state index contributed by atoms with van der Waals surface area (Å²) in [5.41, 5.74) is 0. The highest BCUT2D eigenvalue weighted by Gasteiger charge is 2.14. The summed E-state index contributed by atoms with van der Waals surface area (Å²) in [6, 6.07) is 0. The average Bonchev–Trinajstić information content (AvgIpc) is 2.99. The number of nitrogens with zero attached hydrogens (tertiary/aromatic N) is 3. The molecule has 1 aromatic rings. The first-order valence-electron chi connectivity index (χ1n) is 7.27. The molecule has 0 radical (unpaired) electrons. The summed E-state index contributed by atoms with van der Waals surface area (Å²) in [5, 5.41) is 3.48. The van der Waals surface area contributed by atoms with Gasteiger partial charge in [-0.3, -0.25) is 0 Å². The molecule has 2 rings (SSSR count). The van der Waals surface area contributed by atoms with Gasteiger partial charge in [0.2, 0.25) is 5.95 Å². The van der Waals surface area contributed by atoms with E-state index in [0.29, 0.717) is 5.92 Å². The van der Waals surface area contributed by atoms with Crippen molar-refractivity contribution in [2.75, 3.05) is 31.5 Å². The Morgan fingerprint density at radius 3 is 2.89 bits per heavy atom. The van der Waals surface area contributed by atoms with Crippen LogP contribution in [0.25, 0.3) is 0 Å². The number of likely N-dealkylation sites (tertiary alicyclic amines) is 1. The van der Waals surface area contributed by atoms with E-state index in [1.807, 2.05) is 6.20 Å². The Labute approximate surface area is 110 Å². The number of aryl methyl sites for hydroxylation is 1. The SMILES string of the molecule is CCCn1ccnc1NCC(C)CN1CCCC1. The lowest BCUT2D eigenvalue weighted by atomic mass is 10.1. The Morgan fingerprint density at radius 2 is 2.17 bits per heavy atom. The summed E-state index contributed by atoms with van der Waals surface area (Å²) >= 11 is 0. The lowest BCUT2D eigenvalue weighted by Crippen LogP contribution is -2.29. The Bertz CT molecular complexity index is 341. The molecule has 1 unspecified atom stereocenters. The summed E-state index contributed by atoms with van der Waals surface area (Å²) in [6.07, 6.45) is 7.83. The van der Waals surface area contributed by atoms with Gasteiger partial charge in [-0.25, -0.2) is 4.98 Å². The monoisotopic (exact) mass is 250 g/mol. The van der Waals surface area contributed by atoms with Gasteiger partial charge in [-0.2, -0.15) is 0 Å². The molecule has 0 bridgehead atoms. The molecule has 102 valence electrons. The smallest absolute Gasteiger partial charge is 0.202 e. The molecule has 4 heteroatoms. The van der Waals surface area contributed by atoms with E-state index in [4.69, 9.17) is 0 Å². The molecule has 0 aliphatic carbocycles. The van der Waals surface area contributed by atoms with E-state index in [-0.39, 0.29) is 0 Å². The number of hydrogen-bond donors (Lipinski definition) is 1. The van der Waals surface area contributed by atoms with Crippen LogP contribution < -0.4 is 5.32 Å². The summed E-state index contributed by atoms with van der Waals surface area (Å²) in [7, 11) is 0. The van der Waals surface area contributed by atoms with Gasteiger partial charge in [0.25, 0.3) is 0 Å². The minimum atomic E-state index is 0.676. The van der Waals surface area contributed by atoms with Crippen LogP contribution in [0.2, 0.25) is 0 Å². The third-order valence-electron chi connectivity index (χ3n) is 3.56. The van der Waals surface area contributed by atoms with Gasteiger partial charge in [0.05, 0.1) is 0 Å². The molecule has 1 aliphatic rings. The molecular formula is C14H26N4. The molecule has 18 heavy (non-hydrogen) atoms. The first-order valence-corrected chi connectivity index (χ1v) is 7.27. The van der Waals surface area contributed by atoms with Crippen molar-refractivity contribution in [3.05, 3.63) is 12.4 Å². The molecule has 1 fully saturated rings. The lowest BCUT2D eigenvalue weighted by molar-refractivity contribution is 0.294. The molecule has 1 aromatic heterocycles. The highest BCUT2D eigenvalue weighted by molar-refractivity contribution is 5.25. The fourth-order valence-corrected chi connectivity index (χ4v) is 2.63. The molecule has 1 N–H and O–H groups in total. The van der Waals surface area contributed by atoms with E-state index in [9.17, 15) is 0 Å². The first kappa shape index (κ1) is 13.4. The number of nitrogens with one attached hydrogen (secondary N) is 1. The van der Waals surface area contributed by atoms with Crippen LogP contribution in [0, 0.1) is 5.92 Å². The van der Waals surface area contributed by atoms with Crippen LogP contribution in [0.4, 0.5) is 5.95 Å².